The van der Waals surface area contributed by atoms with E-state index in [4.69, 9.17) is 11.6 Å². The van der Waals surface area contributed by atoms with Crippen molar-refractivity contribution in [2.45, 2.75) is 18.1 Å². The minimum absolute atomic E-state index is 0.0923. The molecular formula is C25H23ClN4OS. The SMILES string of the molecule is O=C(CSc1nc(NCCc2ccccc2)c2ccccc2n1)NCc1ccccc1Cl. The molecule has 1 aromatic heterocycles. The largest absolute Gasteiger partial charge is 0.369 e. The third kappa shape index (κ3) is 5.99. The Balaban J connectivity index is 1.38. The van der Waals surface area contributed by atoms with E-state index in [2.05, 4.69) is 32.7 Å². The van der Waals surface area contributed by atoms with Gasteiger partial charge >= 0.3 is 0 Å². The maximum atomic E-state index is 12.3. The quantitative estimate of drug-likeness (QED) is 0.259. The van der Waals surface area contributed by atoms with Crippen LogP contribution in [0.4, 0.5) is 5.82 Å². The standard InChI is InChI=1S/C25H23ClN4OS/c26-21-12-6-4-10-19(21)16-28-23(31)17-32-25-29-22-13-7-5-11-20(22)24(30-25)27-15-14-18-8-2-1-3-9-18/h1-13H,14-17H2,(H,28,31)(H,27,29,30). The van der Waals surface area contributed by atoms with Gasteiger partial charge in [-0.1, -0.05) is 84.0 Å². The molecule has 0 aliphatic rings. The second kappa shape index (κ2) is 11.0. The Morgan fingerprint density at radius 2 is 1.66 bits per heavy atom. The second-order valence-electron chi connectivity index (χ2n) is 7.19. The average molecular weight is 463 g/mol. The van der Waals surface area contributed by atoms with Gasteiger partial charge in [-0.25, -0.2) is 9.97 Å². The van der Waals surface area contributed by atoms with Gasteiger partial charge < -0.3 is 10.6 Å². The summed E-state index contributed by atoms with van der Waals surface area (Å²) in [4.78, 5) is 21.6. The first kappa shape index (κ1) is 22.1. The Kier molecular flexibility index (Phi) is 7.59. The molecule has 3 aromatic carbocycles. The lowest BCUT2D eigenvalue weighted by Crippen LogP contribution is -2.24. The maximum Gasteiger partial charge on any atom is 0.230 e. The van der Waals surface area contributed by atoms with E-state index in [1.165, 1.54) is 17.3 Å². The van der Waals surface area contributed by atoms with Crippen LogP contribution in [0.2, 0.25) is 5.02 Å². The fourth-order valence-corrected chi connectivity index (χ4v) is 4.12. The number of anilines is 1. The number of carbonyl (C=O) groups excluding carboxylic acids is 1. The molecule has 162 valence electrons. The average Bonchev–Trinajstić information content (AvgIpc) is 2.83. The van der Waals surface area contributed by atoms with Crippen molar-refractivity contribution >= 4 is 46.0 Å². The number of hydrogen-bond donors (Lipinski definition) is 2. The van der Waals surface area contributed by atoms with Gasteiger partial charge in [0.05, 0.1) is 11.3 Å². The zero-order valence-corrected chi connectivity index (χ0v) is 19.0. The molecule has 1 heterocycles. The molecule has 1 amide bonds. The van der Waals surface area contributed by atoms with Crippen LogP contribution in [-0.2, 0) is 17.8 Å². The summed E-state index contributed by atoms with van der Waals surface area (Å²) in [6.45, 7) is 1.15. The number of aromatic nitrogens is 2. The molecule has 0 spiro atoms. The van der Waals surface area contributed by atoms with E-state index in [9.17, 15) is 4.79 Å². The summed E-state index contributed by atoms with van der Waals surface area (Å²) in [6.07, 6.45) is 0.895. The van der Waals surface area contributed by atoms with Gasteiger partial charge in [-0.2, -0.15) is 0 Å². The number of carbonyl (C=O) groups is 1. The number of benzene rings is 3. The van der Waals surface area contributed by atoms with Crippen LogP contribution in [0.25, 0.3) is 10.9 Å². The van der Waals surface area contributed by atoms with E-state index in [1.54, 1.807) is 0 Å². The van der Waals surface area contributed by atoms with Gasteiger partial charge in [0.15, 0.2) is 5.16 Å². The summed E-state index contributed by atoms with van der Waals surface area (Å²) < 4.78 is 0. The fraction of sp³-hybridized carbons (Fsp3) is 0.160. The van der Waals surface area contributed by atoms with Crippen molar-refractivity contribution in [3.63, 3.8) is 0 Å². The number of thioether (sulfide) groups is 1. The van der Waals surface area contributed by atoms with Gasteiger partial charge in [0.1, 0.15) is 5.82 Å². The van der Waals surface area contributed by atoms with Crippen LogP contribution in [0.5, 0.6) is 0 Å². The molecule has 7 heteroatoms. The van der Waals surface area contributed by atoms with Crippen LogP contribution in [0.15, 0.2) is 84.0 Å². The van der Waals surface area contributed by atoms with Gasteiger partial charge in [0.25, 0.3) is 0 Å². The van der Waals surface area contributed by atoms with Crippen molar-refractivity contribution in [2.75, 3.05) is 17.6 Å². The molecule has 5 nitrogen and oxygen atoms in total. The fourth-order valence-electron chi connectivity index (χ4n) is 3.24. The third-order valence-electron chi connectivity index (χ3n) is 4.90. The Morgan fingerprint density at radius 1 is 0.906 bits per heavy atom. The zero-order chi connectivity index (χ0) is 22.2. The summed E-state index contributed by atoms with van der Waals surface area (Å²) in [5, 5.41) is 8.51. The number of nitrogens with zero attached hydrogens (tertiary/aromatic N) is 2. The lowest BCUT2D eigenvalue weighted by molar-refractivity contribution is -0.118. The highest BCUT2D eigenvalue weighted by atomic mass is 35.5. The molecule has 0 aliphatic heterocycles. The first-order valence-corrected chi connectivity index (χ1v) is 11.7. The van der Waals surface area contributed by atoms with Crippen molar-refractivity contribution in [3.05, 3.63) is 95.0 Å². The number of fused-ring (bicyclic) bond motifs is 1. The van der Waals surface area contributed by atoms with Crippen molar-refractivity contribution in [2.24, 2.45) is 0 Å². The smallest absolute Gasteiger partial charge is 0.230 e. The van der Waals surface area contributed by atoms with Gasteiger partial charge in [0, 0.05) is 23.5 Å². The van der Waals surface area contributed by atoms with E-state index >= 15 is 0 Å². The minimum Gasteiger partial charge on any atom is -0.369 e. The number of hydrogen-bond acceptors (Lipinski definition) is 5. The monoisotopic (exact) mass is 462 g/mol. The van der Waals surface area contributed by atoms with Gasteiger partial charge in [-0.3, -0.25) is 4.79 Å². The first-order valence-electron chi connectivity index (χ1n) is 10.4. The third-order valence-corrected chi connectivity index (χ3v) is 6.11. The summed E-state index contributed by atoms with van der Waals surface area (Å²) in [5.74, 6) is 0.919. The van der Waals surface area contributed by atoms with E-state index in [-0.39, 0.29) is 11.7 Å². The van der Waals surface area contributed by atoms with Crippen LogP contribution in [0.1, 0.15) is 11.1 Å². The minimum atomic E-state index is -0.0923. The first-order chi connectivity index (χ1) is 15.7. The Labute approximate surface area is 196 Å². The topological polar surface area (TPSA) is 66.9 Å². The van der Waals surface area contributed by atoms with Crippen LogP contribution in [-0.4, -0.2) is 28.2 Å². The normalized spacial score (nSPS) is 10.8. The molecular weight excluding hydrogens is 440 g/mol. The van der Waals surface area contributed by atoms with Crippen LogP contribution >= 0.6 is 23.4 Å². The lowest BCUT2D eigenvalue weighted by atomic mass is 10.1. The molecule has 0 unspecified atom stereocenters. The van der Waals surface area contributed by atoms with Crippen LogP contribution in [0, 0.1) is 0 Å². The maximum absolute atomic E-state index is 12.3. The summed E-state index contributed by atoms with van der Waals surface area (Å²) in [5.41, 5.74) is 3.01. The van der Waals surface area contributed by atoms with E-state index < -0.39 is 0 Å². The number of nitrogens with one attached hydrogen (secondary N) is 2. The molecule has 0 aliphatic carbocycles. The number of amides is 1. The Morgan fingerprint density at radius 3 is 2.50 bits per heavy atom. The van der Waals surface area contributed by atoms with E-state index in [0.29, 0.717) is 16.7 Å². The van der Waals surface area contributed by atoms with Crippen LogP contribution in [0.3, 0.4) is 0 Å². The molecule has 2 N–H and O–H groups in total. The number of rotatable bonds is 9. The van der Waals surface area contributed by atoms with Gasteiger partial charge in [-0.05, 0) is 35.7 Å². The predicted octanol–water partition coefficient (Wildman–Crippen LogP) is 5.35. The number of para-hydroxylation sites is 1. The van der Waals surface area contributed by atoms with Crippen molar-refractivity contribution in [1.29, 1.82) is 0 Å². The molecule has 0 fully saturated rings. The highest BCUT2D eigenvalue weighted by Crippen LogP contribution is 2.24. The zero-order valence-electron chi connectivity index (χ0n) is 17.4. The predicted molar refractivity (Wildman–Crippen MR) is 132 cm³/mol. The van der Waals surface area contributed by atoms with E-state index in [0.717, 1.165) is 35.2 Å². The molecule has 0 saturated carbocycles. The summed E-state index contributed by atoms with van der Waals surface area (Å²) in [7, 11) is 0. The summed E-state index contributed by atoms with van der Waals surface area (Å²) in [6, 6.07) is 25.7. The number of halogens is 1. The highest BCUT2D eigenvalue weighted by molar-refractivity contribution is 7.99. The van der Waals surface area contributed by atoms with Crippen molar-refractivity contribution < 1.29 is 4.79 Å². The van der Waals surface area contributed by atoms with E-state index in [1.807, 2.05) is 66.7 Å². The molecule has 0 bridgehead atoms. The van der Waals surface area contributed by atoms with Crippen molar-refractivity contribution in [3.8, 4) is 0 Å². The Hall–Kier alpha value is -3.09. The second-order valence-corrected chi connectivity index (χ2v) is 8.54. The molecule has 4 rings (SSSR count). The van der Waals surface area contributed by atoms with Crippen molar-refractivity contribution in [1.82, 2.24) is 15.3 Å². The van der Waals surface area contributed by atoms with Gasteiger partial charge in [-0.15, -0.1) is 0 Å². The summed E-state index contributed by atoms with van der Waals surface area (Å²) >= 11 is 7.47. The Bertz CT molecular complexity index is 1200. The molecule has 4 aromatic rings. The molecule has 0 saturated heterocycles. The van der Waals surface area contributed by atoms with Crippen LogP contribution < -0.4 is 10.6 Å². The lowest BCUT2D eigenvalue weighted by Gasteiger charge is -2.11. The highest BCUT2D eigenvalue weighted by Gasteiger charge is 2.10. The van der Waals surface area contributed by atoms with Gasteiger partial charge in [0.2, 0.25) is 5.91 Å². The molecule has 0 radical (unpaired) electrons. The molecule has 0 atom stereocenters. The molecule has 32 heavy (non-hydrogen) atoms.